The zero-order chi connectivity index (χ0) is 20.9. The Morgan fingerprint density at radius 1 is 1.00 bits per heavy atom. The zero-order valence-corrected chi connectivity index (χ0v) is 17.7. The average molecular weight is 417 g/mol. The summed E-state index contributed by atoms with van der Waals surface area (Å²) >= 11 is 0. The van der Waals surface area contributed by atoms with Crippen LogP contribution in [0, 0.1) is 0 Å². The summed E-state index contributed by atoms with van der Waals surface area (Å²) in [5.74, 6) is 0.202. The number of amides is 1. The predicted octanol–water partition coefficient (Wildman–Crippen LogP) is 4.34. The average Bonchev–Trinajstić information content (AvgIpc) is 2.69. The van der Waals surface area contributed by atoms with Crippen LogP contribution >= 0.6 is 0 Å². The number of para-hydroxylation sites is 1. The van der Waals surface area contributed by atoms with Gasteiger partial charge in [-0.05, 0) is 63.1 Å². The molecule has 6 nitrogen and oxygen atoms in total. The van der Waals surface area contributed by atoms with Gasteiger partial charge < -0.3 is 10.1 Å². The summed E-state index contributed by atoms with van der Waals surface area (Å²) in [6.07, 6.45) is 4.99. The molecule has 2 N–H and O–H groups in total. The summed E-state index contributed by atoms with van der Waals surface area (Å²) in [6.45, 7) is 3.80. The maximum atomic E-state index is 12.6. The molecule has 0 aromatic heterocycles. The van der Waals surface area contributed by atoms with E-state index in [0.717, 1.165) is 32.1 Å². The quantitative estimate of drug-likeness (QED) is 0.703. The van der Waals surface area contributed by atoms with Gasteiger partial charge in [0, 0.05) is 11.7 Å². The molecule has 1 amide bonds. The molecule has 2 aromatic carbocycles. The summed E-state index contributed by atoms with van der Waals surface area (Å²) in [5.41, 5.74) is 0.947. The molecule has 0 spiro atoms. The molecular weight excluding hydrogens is 388 g/mol. The smallest absolute Gasteiger partial charge is 0.259 e. The molecule has 1 aliphatic rings. The Hall–Kier alpha value is -2.38. The molecular formula is C22H28N2O4S. The monoisotopic (exact) mass is 416 g/mol. The van der Waals surface area contributed by atoms with Crippen molar-refractivity contribution >= 4 is 21.6 Å². The third kappa shape index (κ3) is 5.81. The van der Waals surface area contributed by atoms with Gasteiger partial charge in [-0.1, -0.05) is 31.4 Å². The second-order valence-corrected chi connectivity index (χ2v) is 9.31. The number of nitrogens with one attached hydrogen (secondary N) is 2. The Kier molecular flexibility index (Phi) is 6.92. The van der Waals surface area contributed by atoms with Gasteiger partial charge in [-0.2, -0.15) is 0 Å². The molecule has 1 aliphatic carbocycles. The van der Waals surface area contributed by atoms with Gasteiger partial charge in [0.1, 0.15) is 5.75 Å². The van der Waals surface area contributed by atoms with Crippen LogP contribution in [0.15, 0.2) is 53.4 Å². The number of carbonyl (C=O) groups excluding carboxylic acids is 1. The van der Waals surface area contributed by atoms with Crippen molar-refractivity contribution in [3.8, 4) is 5.75 Å². The van der Waals surface area contributed by atoms with Crippen molar-refractivity contribution in [3.63, 3.8) is 0 Å². The van der Waals surface area contributed by atoms with Gasteiger partial charge in [-0.25, -0.2) is 13.1 Å². The Bertz CT molecular complexity index is 934. The molecule has 0 radical (unpaired) electrons. The van der Waals surface area contributed by atoms with E-state index in [0.29, 0.717) is 17.0 Å². The highest BCUT2D eigenvalue weighted by Crippen LogP contribution is 2.23. The van der Waals surface area contributed by atoms with Crippen LogP contribution in [-0.4, -0.2) is 26.5 Å². The summed E-state index contributed by atoms with van der Waals surface area (Å²) in [5, 5.41) is 2.80. The highest BCUT2D eigenvalue weighted by molar-refractivity contribution is 7.89. The van der Waals surface area contributed by atoms with Crippen molar-refractivity contribution in [1.82, 2.24) is 4.72 Å². The fourth-order valence-electron chi connectivity index (χ4n) is 3.43. The van der Waals surface area contributed by atoms with Crippen molar-refractivity contribution < 1.29 is 17.9 Å². The normalized spacial score (nSPS) is 15.3. The van der Waals surface area contributed by atoms with Crippen LogP contribution in [0.2, 0.25) is 0 Å². The molecule has 0 heterocycles. The number of rotatable bonds is 7. The topological polar surface area (TPSA) is 84.5 Å². The molecule has 0 aliphatic heterocycles. The van der Waals surface area contributed by atoms with Crippen LogP contribution in [0.1, 0.15) is 56.3 Å². The van der Waals surface area contributed by atoms with Crippen LogP contribution in [0.25, 0.3) is 0 Å². The van der Waals surface area contributed by atoms with Crippen molar-refractivity contribution in [1.29, 1.82) is 0 Å². The SMILES string of the molecule is CC(C)Oc1ccccc1C(=O)Nc1ccc(S(=O)(=O)NC2CCCCC2)cc1. The van der Waals surface area contributed by atoms with E-state index in [9.17, 15) is 13.2 Å². The number of hydrogen-bond acceptors (Lipinski definition) is 4. The lowest BCUT2D eigenvalue weighted by atomic mass is 9.96. The van der Waals surface area contributed by atoms with Crippen molar-refractivity contribution in [2.75, 3.05) is 5.32 Å². The molecule has 7 heteroatoms. The molecule has 0 bridgehead atoms. The molecule has 0 atom stereocenters. The lowest BCUT2D eigenvalue weighted by Crippen LogP contribution is -2.36. The lowest BCUT2D eigenvalue weighted by Gasteiger charge is -2.22. The molecule has 2 aromatic rings. The van der Waals surface area contributed by atoms with E-state index in [1.54, 1.807) is 30.3 Å². The van der Waals surface area contributed by atoms with E-state index < -0.39 is 10.0 Å². The molecule has 1 saturated carbocycles. The zero-order valence-electron chi connectivity index (χ0n) is 16.9. The predicted molar refractivity (Wildman–Crippen MR) is 114 cm³/mol. The first-order valence-electron chi connectivity index (χ1n) is 10.0. The number of anilines is 1. The molecule has 0 unspecified atom stereocenters. The number of hydrogen-bond donors (Lipinski definition) is 2. The number of benzene rings is 2. The third-order valence-electron chi connectivity index (χ3n) is 4.84. The maximum absolute atomic E-state index is 12.6. The Morgan fingerprint density at radius 2 is 1.66 bits per heavy atom. The minimum absolute atomic E-state index is 0.00517. The minimum atomic E-state index is -3.56. The van der Waals surface area contributed by atoms with E-state index in [-0.39, 0.29) is 22.9 Å². The van der Waals surface area contributed by atoms with Crippen LogP contribution in [0.3, 0.4) is 0 Å². The summed E-state index contributed by atoms with van der Waals surface area (Å²) in [6, 6.07) is 13.3. The van der Waals surface area contributed by atoms with Crippen molar-refractivity contribution in [2.45, 2.75) is 63.0 Å². The van der Waals surface area contributed by atoms with Gasteiger partial charge in [0.2, 0.25) is 10.0 Å². The Balaban J connectivity index is 1.68. The molecule has 1 fully saturated rings. The maximum Gasteiger partial charge on any atom is 0.259 e. The Labute approximate surface area is 172 Å². The summed E-state index contributed by atoms with van der Waals surface area (Å²) in [7, 11) is -3.56. The van der Waals surface area contributed by atoms with Crippen LogP contribution in [-0.2, 0) is 10.0 Å². The molecule has 156 valence electrons. The first-order chi connectivity index (χ1) is 13.8. The lowest BCUT2D eigenvalue weighted by molar-refractivity contribution is 0.102. The second kappa shape index (κ2) is 9.41. The van der Waals surface area contributed by atoms with Gasteiger partial charge in [-0.15, -0.1) is 0 Å². The summed E-state index contributed by atoms with van der Waals surface area (Å²) in [4.78, 5) is 12.8. The standard InChI is InChI=1S/C22H28N2O4S/c1-16(2)28-21-11-7-6-10-20(21)22(25)23-17-12-14-19(15-13-17)29(26,27)24-18-8-4-3-5-9-18/h6-7,10-16,18,24H,3-5,8-9H2,1-2H3,(H,23,25). The summed E-state index contributed by atoms with van der Waals surface area (Å²) < 4.78 is 33.7. The second-order valence-electron chi connectivity index (χ2n) is 7.60. The first-order valence-corrected chi connectivity index (χ1v) is 11.5. The fourth-order valence-corrected chi connectivity index (χ4v) is 4.74. The van der Waals surface area contributed by atoms with Crippen molar-refractivity contribution in [2.24, 2.45) is 0 Å². The van der Waals surface area contributed by atoms with Gasteiger partial charge in [0.05, 0.1) is 16.6 Å². The molecule has 29 heavy (non-hydrogen) atoms. The fraction of sp³-hybridized carbons (Fsp3) is 0.409. The Morgan fingerprint density at radius 3 is 2.31 bits per heavy atom. The van der Waals surface area contributed by atoms with E-state index in [4.69, 9.17) is 4.74 Å². The van der Waals surface area contributed by atoms with E-state index in [1.807, 2.05) is 19.9 Å². The van der Waals surface area contributed by atoms with Gasteiger partial charge in [0.25, 0.3) is 5.91 Å². The van der Waals surface area contributed by atoms with Gasteiger partial charge >= 0.3 is 0 Å². The van der Waals surface area contributed by atoms with Crippen LogP contribution in [0.5, 0.6) is 5.75 Å². The van der Waals surface area contributed by atoms with Crippen molar-refractivity contribution in [3.05, 3.63) is 54.1 Å². The molecule has 0 saturated heterocycles. The largest absolute Gasteiger partial charge is 0.490 e. The third-order valence-corrected chi connectivity index (χ3v) is 6.38. The first kappa shape index (κ1) is 21.3. The van der Waals surface area contributed by atoms with Gasteiger partial charge in [-0.3, -0.25) is 4.79 Å². The van der Waals surface area contributed by atoms with Crippen LogP contribution < -0.4 is 14.8 Å². The van der Waals surface area contributed by atoms with E-state index in [2.05, 4.69) is 10.0 Å². The molecule has 3 rings (SSSR count). The minimum Gasteiger partial charge on any atom is -0.490 e. The van der Waals surface area contributed by atoms with Crippen LogP contribution in [0.4, 0.5) is 5.69 Å². The highest BCUT2D eigenvalue weighted by Gasteiger charge is 2.22. The highest BCUT2D eigenvalue weighted by atomic mass is 32.2. The number of ether oxygens (including phenoxy) is 1. The van der Waals surface area contributed by atoms with E-state index >= 15 is 0 Å². The van der Waals surface area contributed by atoms with Gasteiger partial charge in [0.15, 0.2) is 0 Å². The van der Waals surface area contributed by atoms with E-state index in [1.165, 1.54) is 12.1 Å². The number of sulfonamides is 1. The number of carbonyl (C=O) groups is 1.